The van der Waals surface area contributed by atoms with Crippen LogP contribution >= 0.6 is 0 Å². The van der Waals surface area contributed by atoms with E-state index >= 15 is 8.78 Å². The number of anilines is 8. The minimum Gasteiger partial charge on any atom is -0.392 e. The first kappa shape index (κ1) is 90.6. The molecule has 20 rings (SSSR count). The average molecular weight is 1840 g/mol. The molecule has 2 atom stereocenters. The van der Waals surface area contributed by atoms with Gasteiger partial charge in [0, 0.05) is 193 Å². The number of hydrogen-bond donors (Lipinski definition) is 8. The molecule has 33 nitrogen and oxygen atoms in total. The maximum Gasteiger partial charge on any atom is 0.293 e. The fourth-order valence-electron chi connectivity index (χ4n) is 19.3. The van der Waals surface area contributed by atoms with Crippen LogP contribution in [0.5, 0.6) is 0 Å². The van der Waals surface area contributed by atoms with Crippen molar-refractivity contribution in [2.24, 2.45) is 14.1 Å². The first-order valence-corrected chi connectivity index (χ1v) is 46.4. The number of nitrogens with zero attached hydrogens (tertiary/aromatic N) is 14. The van der Waals surface area contributed by atoms with Crippen molar-refractivity contribution in [2.45, 2.75) is 121 Å². The highest BCUT2D eigenvalue weighted by atomic mass is 19.1. The van der Waals surface area contributed by atoms with Crippen LogP contribution in [-0.2, 0) is 64.3 Å². The van der Waals surface area contributed by atoms with E-state index in [0.717, 1.165) is 162 Å². The van der Waals surface area contributed by atoms with Gasteiger partial charge >= 0.3 is 0 Å². The third-order valence-corrected chi connectivity index (χ3v) is 27.1. The van der Waals surface area contributed by atoms with Crippen LogP contribution in [0.4, 0.5) is 54.8 Å². The highest BCUT2D eigenvalue weighted by molar-refractivity contribution is 6.07. The third-order valence-electron chi connectivity index (χ3n) is 27.1. The Balaban J connectivity index is 0.000000174. The van der Waals surface area contributed by atoms with Crippen molar-refractivity contribution >= 4 is 103 Å². The number of imide groups is 2. The summed E-state index contributed by atoms with van der Waals surface area (Å²) in [4.78, 5) is 160. The number of unbranched alkanes of at least 4 members (excludes halogenated alkanes) is 2. The number of aromatic nitrogens is 8. The zero-order chi connectivity index (χ0) is 94.1. The molecular formula is C101H104F2N20O13. The molecule has 6 amide bonds. The number of amides is 6. The highest BCUT2D eigenvalue weighted by Gasteiger charge is 2.42. The maximum atomic E-state index is 15.4. The van der Waals surface area contributed by atoms with E-state index in [-0.39, 0.29) is 70.0 Å². The Kier molecular flexibility index (Phi) is 26.1. The number of aryl methyl sites for hydroxylation is 2. The van der Waals surface area contributed by atoms with Gasteiger partial charge in [-0.15, -0.1) is 0 Å². The Morgan fingerprint density at radius 3 is 1.34 bits per heavy atom. The molecule has 0 radical (unpaired) electrons. The van der Waals surface area contributed by atoms with Gasteiger partial charge in [0.25, 0.3) is 34.1 Å². The number of carbonyl (C=O) groups excluding carboxylic acids is 6. The zero-order valence-electron chi connectivity index (χ0n) is 75.4. The van der Waals surface area contributed by atoms with Gasteiger partial charge in [-0.2, -0.15) is 0 Å². The van der Waals surface area contributed by atoms with Crippen molar-refractivity contribution in [3.8, 4) is 33.9 Å². The summed E-state index contributed by atoms with van der Waals surface area (Å²) in [5.41, 5.74) is 9.84. The topological polar surface area (TPSA) is 383 Å². The number of pyridine rings is 4. The Hall–Kier alpha value is -14.5. The van der Waals surface area contributed by atoms with Gasteiger partial charge in [0.1, 0.15) is 35.4 Å². The van der Waals surface area contributed by atoms with Gasteiger partial charge in [0.2, 0.25) is 23.6 Å². The summed E-state index contributed by atoms with van der Waals surface area (Å²) >= 11 is 0. The smallest absolute Gasteiger partial charge is 0.293 e. The van der Waals surface area contributed by atoms with E-state index in [2.05, 4.69) is 71.4 Å². The number of benzene rings is 6. The molecule has 136 heavy (non-hydrogen) atoms. The number of halogens is 2. The minimum atomic E-state index is -0.659. The maximum absolute atomic E-state index is 15.4. The summed E-state index contributed by atoms with van der Waals surface area (Å²) in [6, 6.07) is 37.9. The first-order valence-electron chi connectivity index (χ1n) is 46.4. The van der Waals surface area contributed by atoms with Crippen molar-refractivity contribution in [1.82, 2.24) is 68.4 Å². The van der Waals surface area contributed by atoms with Crippen molar-refractivity contribution in [3.63, 3.8) is 0 Å². The van der Waals surface area contributed by atoms with Crippen molar-refractivity contribution in [1.29, 1.82) is 0 Å². The number of aliphatic hydroxyl groups is 2. The molecule has 12 heterocycles. The number of rotatable bonds is 30. The molecule has 6 aliphatic heterocycles. The normalized spacial score (nSPS) is 17.5. The van der Waals surface area contributed by atoms with E-state index in [4.69, 9.17) is 4.74 Å². The van der Waals surface area contributed by atoms with Crippen molar-refractivity contribution in [2.75, 3.05) is 123 Å². The van der Waals surface area contributed by atoms with Crippen LogP contribution in [0.25, 0.3) is 55.4 Å². The number of piperazine rings is 2. The van der Waals surface area contributed by atoms with Crippen LogP contribution < -0.4 is 63.9 Å². The van der Waals surface area contributed by atoms with E-state index in [9.17, 15) is 58.2 Å². The van der Waals surface area contributed by atoms with E-state index in [0.29, 0.717) is 136 Å². The average Bonchev–Trinajstić information content (AvgIpc) is 1.34. The van der Waals surface area contributed by atoms with E-state index in [1.54, 1.807) is 128 Å². The largest absolute Gasteiger partial charge is 0.392 e. The van der Waals surface area contributed by atoms with Crippen LogP contribution in [0, 0.1) is 11.6 Å². The fraction of sp³-hybridized carbons (Fsp3) is 0.347. The van der Waals surface area contributed by atoms with Gasteiger partial charge in [0.05, 0.1) is 83.7 Å². The second-order valence-electron chi connectivity index (χ2n) is 35.9. The van der Waals surface area contributed by atoms with Crippen LogP contribution in [0.2, 0.25) is 0 Å². The standard InChI is InChI=1S/C51H53FN10O6.C50H51FN10O7/c1-58-29-41(35-7-6-10-42(38(35)30-63)61-20-17-32-25-33(31-11-12-31)26-39(52)46(32)50(61)67)55-47(51(58)68)56-44-15-13-34(27-54-44)60-23-21-59(22-24-60)19-4-2-3-18-53-40-9-5-8-36-37(40)28-62(49(36)66)43-14-16-45(64)57-48(43)65;1-57-28-40(34-4-3-7-41(37(34)29-62)60-16-14-31-24-32(30-8-9-30)25-38(51)45(31)49(60)66)54-46(50(57)67)55-43-12-10-33(26-53-43)59-19-17-58(18-20-59)21-23-68-22-15-52-39-6-2-5-35-36(39)27-61(48(35)65)42-11-13-44(63)56-47(42)64/h5-10,13,15,17,20,25-27,29,31,43,53,63H,2-4,11-12,14,16,18-19,21-24,28,30H2,1H3,(H,54,55,56)(H,57,64,65);2-7,10,12,14,16,24-26,28,30,42,52,62H,8-9,11,13,15,17-23,27,29H2,1H3,(H,53,54,55)(H,56,63,64). The van der Waals surface area contributed by atoms with Crippen molar-refractivity contribution in [3.05, 3.63) is 268 Å². The molecule has 8 aliphatic rings. The number of nitrogens with one attached hydrogen (secondary N) is 6. The molecule has 700 valence electrons. The Labute approximate surface area is 779 Å². The van der Waals surface area contributed by atoms with Gasteiger partial charge in [0.15, 0.2) is 11.6 Å². The highest BCUT2D eigenvalue weighted by Crippen LogP contribution is 2.44. The molecule has 2 saturated carbocycles. The molecule has 0 bridgehead atoms. The van der Waals surface area contributed by atoms with Gasteiger partial charge in [-0.3, -0.25) is 77.5 Å². The van der Waals surface area contributed by atoms with E-state index in [1.165, 1.54) is 30.4 Å². The molecule has 12 aromatic rings. The number of piperidine rings is 2. The molecular weight excluding hydrogens is 1740 g/mol. The fourth-order valence-corrected chi connectivity index (χ4v) is 19.3. The quantitative estimate of drug-likeness (QED) is 0.0153. The number of aliphatic hydroxyl groups excluding tert-OH is 2. The Morgan fingerprint density at radius 2 is 0.904 bits per heavy atom. The molecule has 8 N–H and O–H groups in total. The molecule has 6 aromatic heterocycles. The molecule has 35 heteroatoms. The lowest BCUT2D eigenvalue weighted by Crippen LogP contribution is -2.52. The lowest BCUT2D eigenvalue weighted by atomic mass is 10.0. The zero-order valence-corrected chi connectivity index (χ0v) is 75.4. The summed E-state index contributed by atoms with van der Waals surface area (Å²) in [5.74, 6) is -1.36. The predicted molar refractivity (Wildman–Crippen MR) is 511 cm³/mol. The third kappa shape index (κ3) is 19.0. The van der Waals surface area contributed by atoms with Crippen LogP contribution in [-0.4, -0.2) is 207 Å². The number of fused-ring (bicyclic) bond motifs is 4. The molecule has 6 aromatic carbocycles. The summed E-state index contributed by atoms with van der Waals surface area (Å²) in [7, 11) is 3.22. The summed E-state index contributed by atoms with van der Waals surface area (Å²) < 4.78 is 42.2. The summed E-state index contributed by atoms with van der Waals surface area (Å²) in [6.45, 7) is 10.7. The molecule has 2 unspecified atom stereocenters. The van der Waals surface area contributed by atoms with Crippen LogP contribution in [0.3, 0.4) is 0 Å². The van der Waals surface area contributed by atoms with E-state index < -0.39 is 59.9 Å². The lowest BCUT2D eigenvalue weighted by Gasteiger charge is -2.36. The number of ether oxygens (including phenoxy) is 1. The number of hydrogen-bond acceptors (Lipinski definition) is 25. The van der Waals surface area contributed by atoms with Gasteiger partial charge in [-0.05, 0) is 177 Å². The first-order chi connectivity index (χ1) is 66.1. The minimum absolute atomic E-state index is 0.00870. The van der Waals surface area contributed by atoms with E-state index in [1.807, 2.05) is 54.6 Å². The van der Waals surface area contributed by atoms with Gasteiger partial charge < -0.3 is 65.0 Å². The van der Waals surface area contributed by atoms with Gasteiger partial charge in [-0.25, -0.2) is 28.7 Å². The SMILES string of the molecule is Cn1cc(-c2cccc(-n3ccc4cc(C5CC5)cc(F)c4c3=O)c2CO)nc(Nc2ccc(N3CCN(CCCCCNc4cccc5c4CN(C4CCC(=O)NC4=O)C5=O)CC3)cn2)c1=O.Cn1cc(-c2cccc(-n3ccc4cc(C5CC5)cc(F)c4c3=O)c2CO)nc(Nc2ccc(N3CCN(CCOCCNc4cccc5c4CN(C4CCC(=O)NC4=O)C5=O)CC3)cn2)c1=O. The second kappa shape index (κ2) is 39.2. The summed E-state index contributed by atoms with van der Waals surface area (Å²) in [5, 5.41) is 40.2. The molecule has 0 spiro atoms. The number of carbonyl (C=O) groups is 6. The molecule has 6 fully saturated rings. The van der Waals surface area contributed by atoms with Crippen molar-refractivity contribution < 1.29 is 52.5 Å². The van der Waals surface area contributed by atoms with Crippen LogP contribution in [0.1, 0.15) is 137 Å². The monoisotopic (exact) mass is 1840 g/mol. The Bertz CT molecular complexity index is 6550. The lowest BCUT2D eigenvalue weighted by molar-refractivity contribution is -0.138. The second-order valence-corrected chi connectivity index (χ2v) is 35.9. The predicted octanol–water partition coefficient (Wildman–Crippen LogP) is 9.97. The Morgan fingerprint density at radius 1 is 0.463 bits per heavy atom. The molecule has 2 aliphatic carbocycles. The molecule has 4 saturated heterocycles. The summed E-state index contributed by atoms with van der Waals surface area (Å²) in [6.07, 6.45) is 18.1. The van der Waals surface area contributed by atoms with Crippen LogP contribution in [0.15, 0.2) is 190 Å². The van der Waals surface area contributed by atoms with Gasteiger partial charge in [-0.1, -0.05) is 55.0 Å².